The molecule has 0 atom stereocenters. The summed E-state index contributed by atoms with van der Waals surface area (Å²) in [7, 11) is -1.27. The van der Waals surface area contributed by atoms with Crippen molar-refractivity contribution in [3.8, 4) is 5.75 Å². The topological polar surface area (TPSA) is 121 Å². The molecule has 2 aromatic heterocycles. The van der Waals surface area contributed by atoms with Gasteiger partial charge in [0.25, 0.3) is 10.0 Å². The van der Waals surface area contributed by atoms with Crippen LogP contribution in [-0.4, -0.2) is 38.7 Å². The zero-order chi connectivity index (χ0) is 21.5. The predicted molar refractivity (Wildman–Crippen MR) is 109 cm³/mol. The van der Waals surface area contributed by atoms with Gasteiger partial charge >= 0.3 is 5.97 Å². The largest absolute Gasteiger partial charge is 0.496 e. The first kappa shape index (κ1) is 19.6. The summed E-state index contributed by atoms with van der Waals surface area (Å²) in [6.45, 7) is 1.71. The number of methoxy groups -OCH3 is 2. The first-order chi connectivity index (χ1) is 14.4. The summed E-state index contributed by atoms with van der Waals surface area (Å²) in [5.74, 6) is -0.0111. The molecule has 10 heteroatoms. The Labute approximate surface area is 171 Å². The van der Waals surface area contributed by atoms with E-state index in [1.165, 1.54) is 32.5 Å². The molecule has 154 valence electrons. The molecule has 4 rings (SSSR count). The van der Waals surface area contributed by atoms with Crippen LogP contribution >= 0.6 is 0 Å². The summed E-state index contributed by atoms with van der Waals surface area (Å²) >= 11 is 0. The Kier molecular flexibility index (Phi) is 4.78. The molecule has 0 aliphatic carbocycles. The van der Waals surface area contributed by atoms with E-state index in [0.717, 1.165) is 0 Å². The second-order valence-corrected chi connectivity index (χ2v) is 8.11. The SMILES string of the molecule is COC(=O)c1cc2onc(NS(=O)(=O)c3ccc(OC)c4cccnc34)c2cc1C. The van der Waals surface area contributed by atoms with Gasteiger partial charge in [-0.1, -0.05) is 5.16 Å². The maximum Gasteiger partial charge on any atom is 0.338 e. The van der Waals surface area contributed by atoms with Crippen LogP contribution in [-0.2, 0) is 14.8 Å². The lowest BCUT2D eigenvalue weighted by Crippen LogP contribution is -2.14. The standard InChI is InChI=1S/C20H17N3O6S/c1-11-9-14-16(10-13(11)20(24)28-3)29-22-19(14)23-30(25,26)17-7-6-15(27-2)12-5-4-8-21-18(12)17/h4-10H,1-3H3,(H,22,23). The highest BCUT2D eigenvalue weighted by Gasteiger charge is 2.24. The lowest BCUT2D eigenvalue weighted by molar-refractivity contribution is 0.0600. The Hall–Kier alpha value is -3.66. The van der Waals surface area contributed by atoms with Gasteiger partial charge in [0, 0.05) is 11.6 Å². The first-order valence-electron chi connectivity index (χ1n) is 8.78. The minimum Gasteiger partial charge on any atom is -0.496 e. The summed E-state index contributed by atoms with van der Waals surface area (Å²) in [5.41, 5.74) is 1.41. The second kappa shape index (κ2) is 7.30. The lowest BCUT2D eigenvalue weighted by Gasteiger charge is -2.11. The van der Waals surface area contributed by atoms with Crippen molar-refractivity contribution >= 4 is 43.7 Å². The predicted octanol–water partition coefficient (Wildman–Crippen LogP) is 3.28. The number of rotatable bonds is 5. The van der Waals surface area contributed by atoms with E-state index < -0.39 is 16.0 Å². The van der Waals surface area contributed by atoms with Gasteiger partial charge in [-0.2, -0.15) is 0 Å². The van der Waals surface area contributed by atoms with E-state index in [2.05, 4.69) is 14.9 Å². The van der Waals surface area contributed by atoms with Crippen molar-refractivity contribution in [1.29, 1.82) is 0 Å². The van der Waals surface area contributed by atoms with Crippen molar-refractivity contribution in [3.05, 3.63) is 53.7 Å². The lowest BCUT2D eigenvalue weighted by atomic mass is 10.1. The highest BCUT2D eigenvalue weighted by Crippen LogP contribution is 2.32. The maximum absolute atomic E-state index is 13.1. The number of benzene rings is 2. The quantitative estimate of drug-likeness (QED) is 0.482. The number of anilines is 1. The van der Waals surface area contributed by atoms with E-state index in [4.69, 9.17) is 14.0 Å². The summed E-state index contributed by atoms with van der Waals surface area (Å²) in [4.78, 5) is 16.0. The van der Waals surface area contributed by atoms with Crippen LogP contribution in [0.5, 0.6) is 5.75 Å². The molecule has 0 amide bonds. The summed E-state index contributed by atoms with van der Waals surface area (Å²) in [6.07, 6.45) is 1.50. The number of ether oxygens (including phenoxy) is 2. The van der Waals surface area contributed by atoms with Crippen LogP contribution in [0.3, 0.4) is 0 Å². The Morgan fingerprint density at radius 2 is 1.93 bits per heavy atom. The van der Waals surface area contributed by atoms with Crippen LogP contribution in [0.25, 0.3) is 21.9 Å². The first-order valence-corrected chi connectivity index (χ1v) is 10.3. The number of aryl methyl sites for hydroxylation is 1. The molecule has 30 heavy (non-hydrogen) atoms. The van der Waals surface area contributed by atoms with E-state index in [0.29, 0.717) is 27.6 Å². The monoisotopic (exact) mass is 427 g/mol. The molecule has 0 fully saturated rings. The number of carbonyl (C=O) groups excluding carboxylic acids is 1. The fraction of sp³-hybridized carbons (Fsp3) is 0.150. The van der Waals surface area contributed by atoms with Gasteiger partial charge in [-0.05, 0) is 48.9 Å². The fourth-order valence-corrected chi connectivity index (χ4v) is 4.37. The van der Waals surface area contributed by atoms with E-state index in [9.17, 15) is 13.2 Å². The van der Waals surface area contributed by atoms with Crippen molar-refractivity contribution in [2.24, 2.45) is 0 Å². The molecular formula is C20H17N3O6S. The molecule has 4 aromatic rings. The number of nitrogens with one attached hydrogen (secondary N) is 1. The maximum atomic E-state index is 13.1. The van der Waals surface area contributed by atoms with Crippen LogP contribution in [0.4, 0.5) is 5.82 Å². The Morgan fingerprint density at radius 1 is 1.13 bits per heavy atom. The third-order valence-electron chi connectivity index (χ3n) is 4.66. The van der Waals surface area contributed by atoms with Crippen LogP contribution < -0.4 is 9.46 Å². The molecule has 1 N–H and O–H groups in total. The Balaban J connectivity index is 1.80. The van der Waals surface area contributed by atoms with Gasteiger partial charge in [0.1, 0.15) is 10.6 Å². The normalized spacial score (nSPS) is 11.6. The Morgan fingerprint density at radius 3 is 2.67 bits per heavy atom. The average Bonchev–Trinajstić information content (AvgIpc) is 3.12. The molecule has 2 heterocycles. The molecule has 0 aliphatic rings. The molecule has 0 aliphatic heterocycles. The summed E-state index contributed by atoms with van der Waals surface area (Å²) in [6, 6.07) is 9.47. The third kappa shape index (κ3) is 3.20. The van der Waals surface area contributed by atoms with Gasteiger partial charge in [0.05, 0.1) is 30.7 Å². The molecule has 0 unspecified atom stereocenters. The van der Waals surface area contributed by atoms with Crippen LogP contribution in [0.15, 0.2) is 52.0 Å². The van der Waals surface area contributed by atoms with Gasteiger partial charge < -0.3 is 14.0 Å². The van der Waals surface area contributed by atoms with E-state index in [-0.39, 0.29) is 21.8 Å². The smallest absolute Gasteiger partial charge is 0.338 e. The number of hydrogen-bond donors (Lipinski definition) is 1. The second-order valence-electron chi connectivity index (χ2n) is 6.46. The summed E-state index contributed by atoms with van der Waals surface area (Å²) < 4.78 is 43.9. The molecular weight excluding hydrogens is 410 g/mol. The Bertz CT molecular complexity index is 1390. The molecule has 0 bridgehead atoms. The molecule has 9 nitrogen and oxygen atoms in total. The highest BCUT2D eigenvalue weighted by atomic mass is 32.2. The molecule has 0 saturated heterocycles. The number of aromatic nitrogens is 2. The number of hydrogen-bond acceptors (Lipinski definition) is 8. The van der Waals surface area contributed by atoms with Gasteiger partial charge in [0.2, 0.25) is 0 Å². The van der Waals surface area contributed by atoms with E-state index in [1.807, 2.05) is 0 Å². The number of nitrogens with zero attached hydrogens (tertiary/aromatic N) is 2. The molecule has 0 spiro atoms. The van der Waals surface area contributed by atoms with Gasteiger partial charge in [0.15, 0.2) is 11.4 Å². The van der Waals surface area contributed by atoms with E-state index in [1.54, 1.807) is 31.2 Å². The number of fused-ring (bicyclic) bond motifs is 2. The van der Waals surface area contributed by atoms with Crippen LogP contribution in [0.2, 0.25) is 0 Å². The third-order valence-corrected chi connectivity index (χ3v) is 6.03. The van der Waals surface area contributed by atoms with Gasteiger partial charge in [-0.15, -0.1) is 0 Å². The van der Waals surface area contributed by atoms with Crippen molar-refractivity contribution in [2.45, 2.75) is 11.8 Å². The minimum absolute atomic E-state index is 0.00409. The highest BCUT2D eigenvalue weighted by molar-refractivity contribution is 7.93. The van der Waals surface area contributed by atoms with Crippen molar-refractivity contribution in [1.82, 2.24) is 10.1 Å². The average molecular weight is 427 g/mol. The van der Waals surface area contributed by atoms with Crippen molar-refractivity contribution < 1.29 is 27.2 Å². The zero-order valence-electron chi connectivity index (χ0n) is 16.3. The zero-order valence-corrected chi connectivity index (χ0v) is 17.1. The number of sulfonamides is 1. The van der Waals surface area contributed by atoms with Crippen LogP contribution in [0.1, 0.15) is 15.9 Å². The van der Waals surface area contributed by atoms with Crippen LogP contribution in [0, 0.1) is 6.92 Å². The number of esters is 1. The molecule has 2 aromatic carbocycles. The number of carbonyl (C=O) groups is 1. The molecule has 0 saturated carbocycles. The minimum atomic E-state index is -4.05. The van der Waals surface area contributed by atoms with Crippen molar-refractivity contribution in [3.63, 3.8) is 0 Å². The van der Waals surface area contributed by atoms with Gasteiger partial charge in [-0.25, -0.2) is 13.2 Å². The van der Waals surface area contributed by atoms with Gasteiger partial charge in [-0.3, -0.25) is 9.71 Å². The van der Waals surface area contributed by atoms with Crippen molar-refractivity contribution in [2.75, 3.05) is 18.9 Å². The fourth-order valence-electron chi connectivity index (χ4n) is 3.19. The number of pyridine rings is 1. The molecule has 0 radical (unpaired) electrons. The van der Waals surface area contributed by atoms with E-state index >= 15 is 0 Å². The summed E-state index contributed by atoms with van der Waals surface area (Å²) in [5, 5.41) is 4.80.